The summed E-state index contributed by atoms with van der Waals surface area (Å²) in [6.45, 7) is 0.402. The predicted octanol–water partition coefficient (Wildman–Crippen LogP) is 3.07. The van der Waals surface area contributed by atoms with Gasteiger partial charge in [-0.05, 0) is 42.3 Å². The Hall–Kier alpha value is -2.50. The molecule has 1 heterocycles. The zero-order valence-corrected chi connectivity index (χ0v) is 13.7. The van der Waals surface area contributed by atoms with Crippen LogP contribution < -0.4 is 15.4 Å². The van der Waals surface area contributed by atoms with Crippen molar-refractivity contribution in [2.24, 2.45) is 0 Å². The Labute approximate surface area is 144 Å². The number of carbonyl (C=O) groups excluding carboxylic acids is 1. The number of hydrogen-bond acceptors (Lipinski definition) is 4. The van der Waals surface area contributed by atoms with Gasteiger partial charge in [-0.1, -0.05) is 23.7 Å². The van der Waals surface area contributed by atoms with Gasteiger partial charge in [0, 0.05) is 29.9 Å². The largest absolute Gasteiger partial charge is 0.449 e. The Morgan fingerprint density at radius 1 is 1.21 bits per heavy atom. The van der Waals surface area contributed by atoms with Gasteiger partial charge in [0.25, 0.3) is 5.91 Å². The van der Waals surface area contributed by atoms with Crippen molar-refractivity contribution in [3.05, 3.63) is 58.8 Å². The van der Waals surface area contributed by atoms with Crippen molar-refractivity contribution in [2.45, 2.75) is 6.42 Å². The maximum Gasteiger partial charge on any atom is 0.294 e. The summed E-state index contributed by atoms with van der Waals surface area (Å²) in [5.74, 6) is 0.469. The van der Waals surface area contributed by atoms with E-state index in [2.05, 4.69) is 0 Å². The first-order chi connectivity index (χ1) is 11.6. The first-order valence-electron chi connectivity index (χ1n) is 7.56. The van der Waals surface area contributed by atoms with E-state index in [4.69, 9.17) is 27.2 Å². The number of nitrogen functional groups attached to an aromatic ring is 1. The fourth-order valence-corrected chi connectivity index (χ4v) is 2.62. The summed E-state index contributed by atoms with van der Waals surface area (Å²) < 4.78 is 5.76. The van der Waals surface area contributed by atoms with Crippen LogP contribution in [0.5, 0.6) is 5.75 Å². The van der Waals surface area contributed by atoms with Gasteiger partial charge in [0.15, 0.2) is 11.5 Å². The molecule has 6 heteroatoms. The van der Waals surface area contributed by atoms with E-state index in [1.54, 1.807) is 53.4 Å². The molecule has 0 saturated heterocycles. The average Bonchev–Trinajstić information content (AvgIpc) is 2.57. The highest BCUT2D eigenvalue weighted by Crippen LogP contribution is 2.37. The molecule has 1 amide bonds. The van der Waals surface area contributed by atoms with Gasteiger partial charge in [0.1, 0.15) is 0 Å². The normalized spacial score (nSPS) is 15.3. The van der Waals surface area contributed by atoms with Gasteiger partial charge in [-0.3, -0.25) is 4.79 Å². The Balaban J connectivity index is 1.99. The van der Waals surface area contributed by atoms with Gasteiger partial charge in [0.05, 0.1) is 5.69 Å². The molecule has 0 atom stereocenters. The van der Waals surface area contributed by atoms with Gasteiger partial charge in [-0.15, -0.1) is 0 Å². The number of nitrogens with two attached hydrogens (primary N) is 1. The number of aliphatic hydroxyl groups excluding tert-OH is 1. The Kier molecular flexibility index (Phi) is 4.74. The number of anilines is 2. The lowest BCUT2D eigenvalue weighted by Crippen LogP contribution is -2.38. The minimum Gasteiger partial charge on any atom is -0.449 e. The van der Waals surface area contributed by atoms with Crippen LogP contribution in [-0.2, 0) is 4.79 Å². The van der Waals surface area contributed by atoms with Crippen molar-refractivity contribution in [1.29, 1.82) is 0 Å². The number of ether oxygens (including phenoxy) is 1. The third kappa shape index (κ3) is 3.37. The molecule has 1 aliphatic heterocycles. The van der Waals surface area contributed by atoms with Crippen LogP contribution in [0.1, 0.15) is 12.0 Å². The van der Waals surface area contributed by atoms with E-state index in [-0.39, 0.29) is 18.3 Å². The minimum absolute atomic E-state index is 0.00513. The SMILES string of the molecule is Nc1ccc2c(c1)O/C(=C/c1ccc(Cl)cc1)C(=O)N2CCCO. The molecule has 0 spiro atoms. The van der Waals surface area contributed by atoms with E-state index in [9.17, 15) is 4.79 Å². The molecule has 0 fully saturated rings. The lowest BCUT2D eigenvalue weighted by atomic mass is 10.1. The Morgan fingerprint density at radius 3 is 2.67 bits per heavy atom. The molecule has 0 aromatic heterocycles. The van der Waals surface area contributed by atoms with Crippen LogP contribution in [0.25, 0.3) is 6.08 Å². The quantitative estimate of drug-likeness (QED) is 0.660. The molecule has 1 aliphatic rings. The molecule has 124 valence electrons. The predicted molar refractivity (Wildman–Crippen MR) is 95.0 cm³/mol. The van der Waals surface area contributed by atoms with Crippen LogP contribution in [-0.4, -0.2) is 24.2 Å². The van der Waals surface area contributed by atoms with Gasteiger partial charge >= 0.3 is 0 Å². The number of rotatable bonds is 4. The van der Waals surface area contributed by atoms with Crippen molar-refractivity contribution in [1.82, 2.24) is 0 Å². The second-order valence-corrected chi connectivity index (χ2v) is 5.86. The summed E-state index contributed by atoms with van der Waals surface area (Å²) in [5, 5.41) is 9.71. The zero-order chi connectivity index (χ0) is 17.1. The maximum absolute atomic E-state index is 12.7. The number of halogens is 1. The number of amides is 1. The van der Waals surface area contributed by atoms with Crippen LogP contribution >= 0.6 is 11.6 Å². The highest BCUT2D eigenvalue weighted by atomic mass is 35.5. The molecule has 0 saturated carbocycles. The van der Waals surface area contributed by atoms with Gasteiger partial charge in [-0.2, -0.15) is 0 Å². The minimum atomic E-state index is -0.254. The molecular weight excluding hydrogens is 328 g/mol. The van der Waals surface area contributed by atoms with Gasteiger partial charge in [0.2, 0.25) is 0 Å². The van der Waals surface area contributed by atoms with E-state index in [1.807, 2.05) is 0 Å². The molecule has 3 N–H and O–H groups in total. The topological polar surface area (TPSA) is 75.8 Å². The number of fused-ring (bicyclic) bond motifs is 1. The fourth-order valence-electron chi connectivity index (χ4n) is 2.49. The van der Waals surface area contributed by atoms with Crippen LogP contribution in [0.2, 0.25) is 5.02 Å². The van der Waals surface area contributed by atoms with Crippen molar-refractivity contribution >= 4 is 35.0 Å². The van der Waals surface area contributed by atoms with Crippen LogP contribution in [0, 0.1) is 0 Å². The van der Waals surface area contributed by atoms with Crippen LogP contribution in [0.15, 0.2) is 48.2 Å². The summed E-state index contributed by atoms with van der Waals surface area (Å²) in [4.78, 5) is 14.3. The van der Waals surface area contributed by atoms with E-state index in [0.717, 1.165) is 5.56 Å². The molecule has 3 rings (SSSR count). The summed E-state index contributed by atoms with van der Waals surface area (Å²) in [6.07, 6.45) is 2.14. The Bertz CT molecular complexity index is 787. The first-order valence-corrected chi connectivity index (χ1v) is 7.93. The lowest BCUT2D eigenvalue weighted by Gasteiger charge is -2.30. The Morgan fingerprint density at radius 2 is 1.96 bits per heavy atom. The smallest absolute Gasteiger partial charge is 0.294 e. The highest BCUT2D eigenvalue weighted by molar-refractivity contribution is 6.30. The van der Waals surface area contributed by atoms with Crippen molar-refractivity contribution < 1.29 is 14.6 Å². The molecule has 5 nitrogen and oxygen atoms in total. The summed E-state index contributed by atoms with van der Waals surface area (Å²) >= 11 is 5.88. The molecule has 2 aromatic carbocycles. The van der Waals surface area contributed by atoms with E-state index >= 15 is 0 Å². The van der Waals surface area contributed by atoms with Crippen LogP contribution in [0.4, 0.5) is 11.4 Å². The molecule has 0 aliphatic carbocycles. The van der Waals surface area contributed by atoms with Crippen molar-refractivity contribution in [3.63, 3.8) is 0 Å². The lowest BCUT2D eigenvalue weighted by molar-refractivity contribution is -0.117. The van der Waals surface area contributed by atoms with Crippen molar-refractivity contribution in [2.75, 3.05) is 23.8 Å². The number of nitrogens with zero attached hydrogens (tertiary/aromatic N) is 1. The molecular formula is C18H17ClN2O3. The zero-order valence-electron chi connectivity index (χ0n) is 12.9. The monoisotopic (exact) mass is 344 g/mol. The molecule has 0 bridgehead atoms. The molecule has 2 aromatic rings. The third-order valence-corrected chi connectivity index (χ3v) is 3.91. The fraction of sp³-hybridized carbons (Fsp3) is 0.167. The summed E-state index contributed by atoms with van der Waals surface area (Å²) in [7, 11) is 0. The highest BCUT2D eigenvalue weighted by Gasteiger charge is 2.30. The molecule has 0 radical (unpaired) electrons. The summed E-state index contributed by atoms with van der Waals surface area (Å²) in [5.41, 5.74) is 7.82. The number of carbonyl (C=O) groups is 1. The van der Waals surface area contributed by atoms with Crippen molar-refractivity contribution in [3.8, 4) is 5.75 Å². The standard InChI is InChI=1S/C18H17ClN2O3/c19-13-4-2-12(3-5-13)10-17-18(23)21(8-1-9-22)15-7-6-14(20)11-16(15)24-17/h2-7,10-11,22H,1,8-9,20H2/b17-10+. The van der Waals surface area contributed by atoms with E-state index in [0.29, 0.717) is 35.1 Å². The third-order valence-electron chi connectivity index (χ3n) is 3.66. The second-order valence-electron chi connectivity index (χ2n) is 5.42. The summed E-state index contributed by atoms with van der Waals surface area (Å²) in [6, 6.07) is 12.3. The van der Waals surface area contributed by atoms with Gasteiger partial charge in [-0.25, -0.2) is 0 Å². The van der Waals surface area contributed by atoms with E-state index in [1.165, 1.54) is 0 Å². The van der Waals surface area contributed by atoms with Gasteiger partial charge < -0.3 is 20.5 Å². The number of hydrogen-bond donors (Lipinski definition) is 2. The molecule has 24 heavy (non-hydrogen) atoms. The average molecular weight is 345 g/mol. The molecule has 0 unspecified atom stereocenters. The van der Waals surface area contributed by atoms with E-state index < -0.39 is 0 Å². The maximum atomic E-state index is 12.7. The number of benzene rings is 2. The van der Waals surface area contributed by atoms with Crippen LogP contribution in [0.3, 0.4) is 0 Å². The first kappa shape index (κ1) is 16.4. The number of aliphatic hydroxyl groups is 1. The second kappa shape index (κ2) is 6.95.